The van der Waals surface area contributed by atoms with Gasteiger partial charge in [-0.25, -0.2) is 0 Å². The second kappa shape index (κ2) is 7.81. The van der Waals surface area contributed by atoms with Gasteiger partial charge >= 0.3 is 0 Å². The largest absolute Gasteiger partial charge is 0.493 e. The van der Waals surface area contributed by atoms with Gasteiger partial charge in [0.1, 0.15) is 5.75 Å². The number of ether oxygens (including phenoxy) is 1. The molecule has 19 heavy (non-hydrogen) atoms. The summed E-state index contributed by atoms with van der Waals surface area (Å²) in [5.41, 5.74) is 1.32. The van der Waals surface area contributed by atoms with Gasteiger partial charge in [0.05, 0.1) is 6.61 Å². The van der Waals surface area contributed by atoms with Gasteiger partial charge in [0, 0.05) is 18.2 Å². The van der Waals surface area contributed by atoms with Crippen LogP contribution < -0.4 is 4.74 Å². The van der Waals surface area contributed by atoms with Crippen LogP contribution in [0.5, 0.6) is 5.75 Å². The van der Waals surface area contributed by atoms with Crippen LogP contribution in [-0.4, -0.2) is 36.2 Å². The molecule has 1 aliphatic rings. The average molecular weight is 279 g/mol. The van der Waals surface area contributed by atoms with Crippen molar-refractivity contribution in [3.8, 4) is 5.75 Å². The van der Waals surface area contributed by atoms with Crippen molar-refractivity contribution in [2.45, 2.75) is 32.6 Å². The average Bonchev–Trinajstić information content (AvgIpc) is 2.92. The van der Waals surface area contributed by atoms with Crippen molar-refractivity contribution >= 4 is 11.8 Å². The highest BCUT2D eigenvalue weighted by Crippen LogP contribution is 2.25. The van der Waals surface area contributed by atoms with Crippen LogP contribution in [0.4, 0.5) is 0 Å². The maximum atomic E-state index is 5.94. The molecule has 0 bridgehead atoms. The fourth-order valence-corrected chi connectivity index (χ4v) is 3.37. The van der Waals surface area contributed by atoms with E-state index in [0.717, 1.165) is 18.8 Å². The molecule has 3 heteroatoms. The summed E-state index contributed by atoms with van der Waals surface area (Å²) in [7, 11) is 0. The van der Waals surface area contributed by atoms with Crippen LogP contribution in [0, 0.1) is 0 Å². The lowest BCUT2D eigenvalue weighted by atomic mass is 10.0. The zero-order valence-corrected chi connectivity index (χ0v) is 12.9. The van der Waals surface area contributed by atoms with E-state index in [1.807, 2.05) is 11.8 Å². The monoisotopic (exact) mass is 279 g/mol. The van der Waals surface area contributed by atoms with Crippen LogP contribution in [0.1, 0.15) is 38.2 Å². The molecule has 1 aliphatic heterocycles. The molecule has 1 saturated heterocycles. The zero-order valence-electron chi connectivity index (χ0n) is 12.1. The standard InChI is InChI=1S/C16H25NOS/c1-14(2)15-7-3-4-8-16(15)18-11-6-5-9-17-10-12-19-13-17/h3-4,7-8,14H,5-6,9-13H2,1-2H3. The Labute approximate surface area is 121 Å². The molecule has 0 unspecified atom stereocenters. The molecule has 0 spiro atoms. The number of unbranched alkanes of at least 4 members (excludes halogenated alkanes) is 1. The Hall–Kier alpha value is -0.670. The lowest BCUT2D eigenvalue weighted by Crippen LogP contribution is -2.21. The van der Waals surface area contributed by atoms with E-state index in [0.29, 0.717) is 5.92 Å². The number of hydrogen-bond acceptors (Lipinski definition) is 3. The van der Waals surface area contributed by atoms with Crippen molar-refractivity contribution in [3.63, 3.8) is 0 Å². The van der Waals surface area contributed by atoms with Gasteiger partial charge in [-0.1, -0.05) is 32.0 Å². The van der Waals surface area contributed by atoms with E-state index in [2.05, 4.69) is 43.0 Å². The molecule has 106 valence electrons. The molecular weight excluding hydrogens is 254 g/mol. The van der Waals surface area contributed by atoms with Gasteiger partial charge in [-0.2, -0.15) is 0 Å². The second-order valence-electron chi connectivity index (χ2n) is 5.40. The number of nitrogens with zero attached hydrogens (tertiary/aromatic N) is 1. The molecule has 0 radical (unpaired) electrons. The molecule has 0 atom stereocenters. The van der Waals surface area contributed by atoms with Gasteiger partial charge in [0.25, 0.3) is 0 Å². The normalized spacial score (nSPS) is 16.2. The maximum Gasteiger partial charge on any atom is 0.122 e. The Kier molecular flexibility index (Phi) is 6.05. The first kappa shape index (κ1) is 14.7. The lowest BCUT2D eigenvalue weighted by molar-refractivity contribution is 0.282. The highest BCUT2D eigenvalue weighted by atomic mass is 32.2. The Balaban J connectivity index is 1.67. The second-order valence-corrected chi connectivity index (χ2v) is 6.48. The molecule has 0 N–H and O–H groups in total. The van der Waals surface area contributed by atoms with Crippen molar-refractivity contribution < 1.29 is 4.74 Å². The minimum Gasteiger partial charge on any atom is -0.493 e. The van der Waals surface area contributed by atoms with Gasteiger partial charge in [-0.15, -0.1) is 11.8 Å². The predicted molar refractivity (Wildman–Crippen MR) is 84.2 cm³/mol. The van der Waals surface area contributed by atoms with E-state index in [9.17, 15) is 0 Å². The Bertz CT molecular complexity index is 375. The fourth-order valence-electron chi connectivity index (χ4n) is 2.34. The number of para-hydroxylation sites is 1. The summed E-state index contributed by atoms with van der Waals surface area (Å²) in [6, 6.07) is 8.41. The third-order valence-corrected chi connectivity index (χ3v) is 4.51. The van der Waals surface area contributed by atoms with Crippen molar-refractivity contribution in [2.75, 3.05) is 31.3 Å². The summed E-state index contributed by atoms with van der Waals surface area (Å²) in [5, 5.41) is 0. The van der Waals surface area contributed by atoms with E-state index in [-0.39, 0.29) is 0 Å². The quantitative estimate of drug-likeness (QED) is 0.701. The highest BCUT2D eigenvalue weighted by molar-refractivity contribution is 7.99. The third-order valence-electron chi connectivity index (χ3n) is 3.49. The smallest absolute Gasteiger partial charge is 0.122 e. The topological polar surface area (TPSA) is 12.5 Å². The molecule has 1 fully saturated rings. The number of benzene rings is 1. The number of hydrogen-bond donors (Lipinski definition) is 0. The summed E-state index contributed by atoms with van der Waals surface area (Å²) in [6.07, 6.45) is 2.39. The van der Waals surface area contributed by atoms with Crippen LogP contribution >= 0.6 is 11.8 Å². The van der Waals surface area contributed by atoms with E-state index in [4.69, 9.17) is 4.74 Å². The van der Waals surface area contributed by atoms with Crippen LogP contribution in [0.3, 0.4) is 0 Å². The van der Waals surface area contributed by atoms with Crippen molar-refractivity contribution in [1.82, 2.24) is 4.90 Å². The van der Waals surface area contributed by atoms with Crippen LogP contribution in [-0.2, 0) is 0 Å². The Morgan fingerprint density at radius 3 is 2.84 bits per heavy atom. The van der Waals surface area contributed by atoms with Crippen LogP contribution in [0.15, 0.2) is 24.3 Å². The first-order valence-electron chi connectivity index (χ1n) is 7.29. The summed E-state index contributed by atoms with van der Waals surface area (Å²) in [6.45, 7) is 7.76. The van der Waals surface area contributed by atoms with E-state index >= 15 is 0 Å². The number of thioether (sulfide) groups is 1. The minimum atomic E-state index is 0.526. The molecule has 0 saturated carbocycles. The summed E-state index contributed by atoms with van der Waals surface area (Å²) in [4.78, 5) is 2.53. The SMILES string of the molecule is CC(C)c1ccccc1OCCCCN1CCSC1. The van der Waals surface area contributed by atoms with E-state index in [1.165, 1.54) is 36.7 Å². The van der Waals surface area contributed by atoms with Crippen molar-refractivity contribution in [3.05, 3.63) is 29.8 Å². The maximum absolute atomic E-state index is 5.94. The molecule has 0 aromatic heterocycles. The first-order valence-corrected chi connectivity index (χ1v) is 8.44. The highest BCUT2D eigenvalue weighted by Gasteiger charge is 2.11. The van der Waals surface area contributed by atoms with Gasteiger partial charge in [0.2, 0.25) is 0 Å². The van der Waals surface area contributed by atoms with Gasteiger partial charge in [0.15, 0.2) is 0 Å². The van der Waals surface area contributed by atoms with Gasteiger partial charge < -0.3 is 4.74 Å². The third kappa shape index (κ3) is 4.73. The molecule has 2 rings (SSSR count). The van der Waals surface area contributed by atoms with Crippen LogP contribution in [0.2, 0.25) is 0 Å². The number of rotatable bonds is 7. The lowest BCUT2D eigenvalue weighted by Gasteiger charge is -2.15. The Morgan fingerprint density at radius 2 is 2.11 bits per heavy atom. The van der Waals surface area contributed by atoms with Crippen molar-refractivity contribution in [1.29, 1.82) is 0 Å². The molecule has 1 heterocycles. The zero-order chi connectivity index (χ0) is 13.5. The summed E-state index contributed by atoms with van der Waals surface area (Å²) in [5.74, 6) is 4.11. The molecule has 1 aromatic rings. The fraction of sp³-hybridized carbons (Fsp3) is 0.625. The Morgan fingerprint density at radius 1 is 1.26 bits per heavy atom. The van der Waals surface area contributed by atoms with Gasteiger partial charge in [-0.05, 0) is 36.9 Å². The van der Waals surface area contributed by atoms with E-state index in [1.54, 1.807) is 0 Å². The van der Waals surface area contributed by atoms with Gasteiger partial charge in [-0.3, -0.25) is 4.90 Å². The first-order chi connectivity index (χ1) is 9.27. The van der Waals surface area contributed by atoms with Crippen LogP contribution in [0.25, 0.3) is 0 Å². The molecule has 1 aromatic carbocycles. The predicted octanol–water partition coefficient (Wildman–Crippen LogP) is 3.98. The molecule has 0 amide bonds. The molecule has 2 nitrogen and oxygen atoms in total. The molecule has 0 aliphatic carbocycles. The van der Waals surface area contributed by atoms with Crippen molar-refractivity contribution in [2.24, 2.45) is 0 Å². The van der Waals surface area contributed by atoms with E-state index < -0.39 is 0 Å². The molecular formula is C16H25NOS. The summed E-state index contributed by atoms with van der Waals surface area (Å²) < 4.78 is 5.94. The summed E-state index contributed by atoms with van der Waals surface area (Å²) >= 11 is 2.04. The minimum absolute atomic E-state index is 0.526.